The van der Waals surface area contributed by atoms with Crippen LogP contribution in [0.4, 0.5) is 0 Å². The zero-order valence-electron chi connectivity index (χ0n) is 11.4. The fourth-order valence-corrected chi connectivity index (χ4v) is 2.91. The molecule has 5 heteroatoms. The minimum Gasteiger partial charge on any atom is -0.329 e. The van der Waals surface area contributed by atoms with Crippen molar-refractivity contribution in [1.29, 1.82) is 0 Å². The maximum absolute atomic E-state index is 6.33. The van der Waals surface area contributed by atoms with Gasteiger partial charge in [-0.05, 0) is 23.4 Å². The molecule has 0 radical (unpaired) electrons. The first kappa shape index (κ1) is 14.4. The maximum atomic E-state index is 6.33. The van der Waals surface area contributed by atoms with Crippen LogP contribution < -0.4 is 5.32 Å². The van der Waals surface area contributed by atoms with E-state index < -0.39 is 0 Å². The average Bonchev–Trinajstić information content (AvgIpc) is 2.76. The molecule has 0 atom stereocenters. The monoisotopic (exact) mass is 295 g/mol. The number of aromatic nitrogens is 2. The minimum absolute atomic E-state index is 0.449. The van der Waals surface area contributed by atoms with Crippen LogP contribution in [0.2, 0.25) is 5.02 Å². The highest BCUT2D eigenvalue weighted by molar-refractivity contribution is 7.99. The number of imidazole rings is 1. The molecular weight excluding hydrogens is 278 g/mol. The van der Waals surface area contributed by atoms with Gasteiger partial charge >= 0.3 is 0 Å². The Kier molecular flexibility index (Phi) is 4.91. The standard InChI is InChI=1S/C14H18ClN3S/c1-10(2)17-9-11-5-4-6-12(15)13(11)19-14-16-7-8-18(14)3/h4-8,10,17H,9H2,1-3H3. The lowest BCUT2D eigenvalue weighted by Crippen LogP contribution is -2.22. The fraction of sp³-hybridized carbons (Fsp3) is 0.357. The number of nitrogens with one attached hydrogen (secondary N) is 1. The van der Waals surface area contributed by atoms with Crippen molar-refractivity contribution in [2.24, 2.45) is 7.05 Å². The predicted octanol–water partition coefficient (Wildman–Crippen LogP) is 3.72. The Labute approximate surface area is 123 Å². The third kappa shape index (κ3) is 3.75. The van der Waals surface area contributed by atoms with E-state index in [2.05, 4.69) is 30.2 Å². The highest BCUT2D eigenvalue weighted by atomic mass is 35.5. The lowest BCUT2D eigenvalue weighted by Gasteiger charge is -2.13. The average molecular weight is 296 g/mol. The second-order valence-corrected chi connectivity index (χ2v) is 6.07. The van der Waals surface area contributed by atoms with Crippen LogP contribution in [0.1, 0.15) is 19.4 Å². The van der Waals surface area contributed by atoms with Gasteiger partial charge in [0.25, 0.3) is 0 Å². The molecule has 0 unspecified atom stereocenters. The summed E-state index contributed by atoms with van der Waals surface area (Å²) in [7, 11) is 1.98. The van der Waals surface area contributed by atoms with Gasteiger partial charge < -0.3 is 9.88 Å². The summed E-state index contributed by atoms with van der Waals surface area (Å²) in [6.45, 7) is 5.08. The Morgan fingerprint density at radius 3 is 2.84 bits per heavy atom. The van der Waals surface area contributed by atoms with Gasteiger partial charge in [-0.2, -0.15) is 0 Å². The molecule has 1 heterocycles. The number of aryl methyl sites for hydroxylation is 1. The molecule has 1 N–H and O–H groups in total. The van der Waals surface area contributed by atoms with Crippen LogP contribution in [0.3, 0.4) is 0 Å². The van der Waals surface area contributed by atoms with Gasteiger partial charge in [0.15, 0.2) is 5.16 Å². The van der Waals surface area contributed by atoms with E-state index in [9.17, 15) is 0 Å². The molecule has 2 rings (SSSR count). The molecule has 0 fully saturated rings. The van der Waals surface area contributed by atoms with Gasteiger partial charge in [0.05, 0.1) is 5.02 Å². The summed E-state index contributed by atoms with van der Waals surface area (Å²) in [5.74, 6) is 0. The number of rotatable bonds is 5. The van der Waals surface area contributed by atoms with E-state index in [1.807, 2.05) is 29.9 Å². The lowest BCUT2D eigenvalue weighted by atomic mass is 10.2. The van der Waals surface area contributed by atoms with Gasteiger partial charge in [0, 0.05) is 36.9 Å². The number of halogens is 1. The largest absolute Gasteiger partial charge is 0.329 e. The first-order valence-electron chi connectivity index (χ1n) is 6.24. The Bertz CT molecular complexity index is 551. The molecule has 0 saturated heterocycles. The van der Waals surface area contributed by atoms with Crippen LogP contribution in [0, 0.1) is 0 Å². The van der Waals surface area contributed by atoms with Crippen LogP contribution in [0.25, 0.3) is 0 Å². The highest BCUT2D eigenvalue weighted by Crippen LogP contribution is 2.35. The molecule has 2 aromatic rings. The molecule has 0 spiro atoms. The Balaban J connectivity index is 2.25. The maximum Gasteiger partial charge on any atom is 0.172 e. The minimum atomic E-state index is 0.449. The number of benzene rings is 1. The van der Waals surface area contributed by atoms with E-state index >= 15 is 0 Å². The van der Waals surface area contributed by atoms with E-state index in [1.165, 1.54) is 5.56 Å². The van der Waals surface area contributed by atoms with E-state index in [0.29, 0.717) is 6.04 Å². The molecule has 1 aromatic heterocycles. The second kappa shape index (κ2) is 6.46. The molecule has 0 amide bonds. The van der Waals surface area contributed by atoms with Crippen molar-refractivity contribution < 1.29 is 0 Å². The summed E-state index contributed by atoms with van der Waals surface area (Å²) in [6.07, 6.45) is 3.73. The zero-order chi connectivity index (χ0) is 13.8. The lowest BCUT2D eigenvalue weighted by molar-refractivity contribution is 0.584. The fourth-order valence-electron chi connectivity index (χ4n) is 1.66. The summed E-state index contributed by atoms with van der Waals surface area (Å²) in [4.78, 5) is 5.41. The van der Waals surface area contributed by atoms with E-state index in [-0.39, 0.29) is 0 Å². The quantitative estimate of drug-likeness (QED) is 0.912. The van der Waals surface area contributed by atoms with Gasteiger partial charge in [0.2, 0.25) is 0 Å². The van der Waals surface area contributed by atoms with Gasteiger partial charge in [0.1, 0.15) is 0 Å². The van der Waals surface area contributed by atoms with Crippen molar-refractivity contribution in [2.75, 3.05) is 0 Å². The van der Waals surface area contributed by atoms with E-state index in [4.69, 9.17) is 11.6 Å². The molecule has 3 nitrogen and oxygen atoms in total. The van der Waals surface area contributed by atoms with Crippen LogP contribution in [0.5, 0.6) is 0 Å². The summed E-state index contributed by atoms with van der Waals surface area (Å²) in [6, 6.07) is 6.46. The summed E-state index contributed by atoms with van der Waals surface area (Å²) in [5, 5.41) is 5.14. The first-order valence-corrected chi connectivity index (χ1v) is 7.43. The van der Waals surface area contributed by atoms with Crippen LogP contribution in [-0.4, -0.2) is 15.6 Å². The normalized spacial score (nSPS) is 11.2. The topological polar surface area (TPSA) is 29.9 Å². The van der Waals surface area contributed by atoms with Gasteiger partial charge in [-0.3, -0.25) is 0 Å². The summed E-state index contributed by atoms with van der Waals surface area (Å²) in [5.41, 5.74) is 1.20. The van der Waals surface area contributed by atoms with Crippen molar-refractivity contribution >= 4 is 23.4 Å². The SMILES string of the molecule is CC(C)NCc1cccc(Cl)c1Sc1nccn1C. The van der Waals surface area contributed by atoms with Crippen molar-refractivity contribution in [3.8, 4) is 0 Å². The number of nitrogens with zero attached hydrogens (tertiary/aromatic N) is 2. The molecule has 0 aliphatic carbocycles. The number of hydrogen-bond donors (Lipinski definition) is 1. The summed E-state index contributed by atoms with van der Waals surface area (Å²) >= 11 is 7.93. The molecule has 0 saturated carbocycles. The third-order valence-electron chi connectivity index (χ3n) is 2.72. The second-order valence-electron chi connectivity index (χ2n) is 4.69. The highest BCUT2D eigenvalue weighted by Gasteiger charge is 2.11. The van der Waals surface area contributed by atoms with Gasteiger partial charge in [-0.25, -0.2) is 4.98 Å². The van der Waals surface area contributed by atoms with Crippen LogP contribution in [-0.2, 0) is 13.6 Å². The Morgan fingerprint density at radius 1 is 1.42 bits per heavy atom. The molecular formula is C14H18ClN3S. The van der Waals surface area contributed by atoms with Crippen LogP contribution in [0.15, 0.2) is 40.6 Å². The molecule has 0 bridgehead atoms. The van der Waals surface area contributed by atoms with Gasteiger partial charge in [-0.15, -0.1) is 0 Å². The molecule has 1 aromatic carbocycles. The number of hydrogen-bond acceptors (Lipinski definition) is 3. The molecule has 102 valence electrons. The molecule has 0 aliphatic heterocycles. The third-order valence-corrected chi connectivity index (χ3v) is 4.41. The van der Waals surface area contributed by atoms with Gasteiger partial charge in [-0.1, -0.05) is 37.6 Å². The van der Waals surface area contributed by atoms with Crippen molar-refractivity contribution in [2.45, 2.75) is 36.5 Å². The van der Waals surface area contributed by atoms with Crippen molar-refractivity contribution in [3.63, 3.8) is 0 Å². The van der Waals surface area contributed by atoms with E-state index in [0.717, 1.165) is 21.6 Å². The Hall–Kier alpha value is -0.970. The summed E-state index contributed by atoms with van der Waals surface area (Å²) < 4.78 is 1.99. The first-order chi connectivity index (χ1) is 9.08. The van der Waals surface area contributed by atoms with Crippen LogP contribution >= 0.6 is 23.4 Å². The molecule has 19 heavy (non-hydrogen) atoms. The van der Waals surface area contributed by atoms with Crippen molar-refractivity contribution in [1.82, 2.24) is 14.9 Å². The predicted molar refractivity (Wildman–Crippen MR) is 80.8 cm³/mol. The van der Waals surface area contributed by atoms with E-state index in [1.54, 1.807) is 18.0 Å². The smallest absolute Gasteiger partial charge is 0.172 e. The zero-order valence-corrected chi connectivity index (χ0v) is 12.9. The molecule has 0 aliphatic rings. The van der Waals surface area contributed by atoms with Crippen molar-refractivity contribution in [3.05, 3.63) is 41.2 Å². The Morgan fingerprint density at radius 2 is 2.21 bits per heavy atom.